The average Bonchev–Trinajstić information content (AvgIpc) is 2.32. The number of halogens is 4. The second kappa shape index (κ2) is 5.54. The number of nitrogens with two attached hydrogens (primary N) is 1. The minimum atomic E-state index is -0.949. The van der Waals surface area contributed by atoms with Gasteiger partial charge < -0.3 is 11.1 Å². The number of nitrogens with one attached hydrogen (secondary N) is 1. The molecule has 3 nitrogen and oxygen atoms in total. The fourth-order valence-corrected chi connectivity index (χ4v) is 2.10. The Kier molecular flexibility index (Phi) is 3.99. The highest BCUT2D eigenvalue weighted by Crippen LogP contribution is 2.27. The van der Waals surface area contributed by atoms with Crippen LogP contribution in [0.3, 0.4) is 0 Å². The van der Waals surface area contributed by atoms with Gasteiger partial charge in [0, 0.05) is 21.8 Å². The van der Waals surface area contributed by atoms with Crippen molar-refractivity contribution in [3.05, 3.63) is 57.8 Å². The first kappa shape index (κ1) is 14.4. The Morgan fingerprint density at radius 3 is 2.30 bits per heavy atom. The molecule has 0 saturated carbocycles. The largest absolute Gasteiger partial charge is 0.399 e. The van der Waals surface area contributed by atoms with Crippen molar-refractivity contribution < 1.29 is 18.0 Å². The topological polar surface area (TPSA) is 55.1 Å². The van der Waals surface area contributed by atoms with Gasteiger partial charge in [-0.15, -0.1) is 0 Å². The summed E-state index contributed by atoms with van der Waals surface area (Å²) >= 11 is 2.93. The van der Waals surface area contributed by atoms with Gasteiger partial charge in [-0.25, -0.2) is 13.2 Å². The number of carbonyl (C=O) groups excluding carboxylic acids is 1. The fourth-order valence-electron chi connectivity index (χ4n) is 1.59. The van der Waals surface area contributed by atoms with Crippen molar-refractivity contribution >= 4 is 33.2 Å². The highest BCUT2D eigenvalue weighted by molar-refractivity contribution is 9.10. The van der Waals surface area contributed by atoms with Gasteiger partial charge in [-0.1, -0.05) is 0 Å². The molecule has 0 aromatic heterocycles. The lowest BCUT2D eigenvalue weighted by atomic mass is 10.1. The second-order valence-electron chi connectivity index (χ2n) is 3.97. The van der Waals surface area contributed by atoms with Crippen LogP contribution in [0.4, 0.5) is 24.5 Å². The summed E-state index contributed by atoms with van der Waals surface area (Å²) in [4.78, 5) is 11.9. The monoisotopic (exact) mass is 344 g/mol. The van der Waals surface area contributed by atoms with Gasteiger partial charge in [0.1, 0.15) is 11.6 Å². The molecule has 0 heterocycles. The molecule has 0 spiro atoms. The van der Waals surface area contributed by atoms with Crippen LogP contribution >= 0.6 is 15.9 Å². The van der Waals surface area contributed by atoms with E-state index in [-0.39, 0.29) is 21.4 Å². The fraction of sp³-hybridized carbons (Fsp3) is 0. The van der Waals surface area contributed by atoms with Gasteiger partial charge in [0.15, 0.2) is 5.82 Å². The molecule has 0 aliphatic carbocycles. The van der Waals surface area contributed by atoms with E-state index in [0.717, 1.165) is 18.2 Å². The summed E-state index contributed by atoms with van der Waals surface area (Å²) in [5.41, 5.74) is 5.17. The molecule has 0 unspecified atom stereocenters. The number of nitrogen functional groups attached to an aromatic ring is 1. The summed E-state index contributed by atoms with van der Waals surface area (Å²) in [6, 6.07) is 4.87. The molecule has 0 fully saturated rings. The summed E-state index contributed by atoms with van der Waals surface area (Å²) in [6.45, 7) is 0. The lowest BCUT2D eigenvalue weighted by molar-refractivity contribution is 0.102. The number of benzene rings is 2. The number of anilines is 2. The standard InChI is InChI=1S/C13H8BrF3N2O/c14-10-4-8(16)5-11(17)12(10)19-13(20)6-1-7(15)3-9(18)2-6/h1-5H,18H2,(H,19,20). The van der Waals surface area contributed by atoms with Gasteiger partial charge in [0.25, 0.3) is 5.91 Å². The Morgan fingerprint density at radius 2 is 1.70 bits per heavy atom. The predicted molar refractivity (Wildman–Crippen MR) is 72.8 cm³/mol. The summed E-state index contributed by atoms with van der Waals surface area (Å²) in [6.07, 6.45) is 0. The third kappa shape index (κ3) is 3.11. The van der Waals surface area contributed by atoms with Crippen LogP contribution in [-0.2, 0) is 0 Å². The molecule has 104 valence electrons. The summed E-state index contributed by atoms with van der Waals surface area (Å²) in [5, 5.41) is 2.23. The molecular formula is C13H8BrF3N2O. The lowest BCUT2D eigenvalue weighted by Gasteiger charge is -2.09. The van der Waals surface area contributed by atoms with E-state index >= 15 is 0 Å². The first-order valence-electron chi connectivity index (χ1n) is 5.39. The molecule has 0 aliphatic rings. The van der Waals surface area contributed by atoms with Crippen LogP contribution < -0.4 is 11.1 Å². The SMILES string of the molecule is Nc1cc(F)cc(C(=O)Nc2c(F)cc(F)cc2Br)c1. The summed E-state index contributed by atoms with van der Waals surface area (Å²) in [7, 11) is 0. The zero-order valence-corrected chi connectivity index (χ0v) is 11.5. The van der Waals surface area contributed by atoms with Crippen LogP contribution in [0.5, 0.6) is 0 Å². The van der Waals surface area contributed by atoms with Gasteiger partial charge in [0.2, 0.25) is 0 Å². The maximum Gasteiger partial charge on any atom is 0.255 e. The molecule has 2 aromatic rings. The van der Waals surface area contributed by atoms with E-state index in [1.54, 1.807) is 0 Å². The third-order valence-electron chi connectivity index (χ3n) is 2.43. The molecule has 7 heteroatoms. The molecule has 3 N–H and O–H groups in total. The third-order valence-corrected chi connectivity index (χ3v) is 3.05. The molecule has 0 bridgehead atoms. The minimum absolute atomic E-state index is 0.0349. The Morgan fingerprint density at radius 1 is 1.05 bits per heavy atom. The Hall–Kier alpha value is -2.02. The quantitative estimate of drug-likeness (QED) is 0.816. The molecule has 2 aromatic carbocycles. The normalized spacial score (nSPS) is 10.4. The minimum Gasteiger partial charge on any atom is -0.399 e. The smallest absolute Gasteiger partial charge is 0.255 e. The van der Waals surface area contributed by atoms with Crippen LogP contribution in [-0.4, -0.2) is 5.91 Å². The van der Waals surface area contributed by atoms with E-state index in [0.29, 0.717) is 6.07 Å². The zero-order valence-electron chi connectivity index (χ0n) is 9.88. The van der Waals surface area contributed by atoms with Crippen molar-refractivity contribution in [1.29, 1.82) is 0 Å². The van der Waals surface area contributed by atoms with E-state index in [2.05, 4.69) is 21.2 Å². The van der Waals surface area contributed by atoms with Crippen molar-refractivity contribution in [2.24, 2.45) is 0 Å². The average molecular weight is 345 g/mol. The van der Waals surface area contributed by atoms with Gasteiger partial charge in [0.05, 0.1) is 5.69 Å². The van der Waals surface area contributed by atoms with Crippen molar-refractivity contribution in [3.63, 3.8) is 0 Å². The zero-order chi connectivity index (χ0) is 14.9. The van der Waals surface area contributed by atoms with Crippen molar-refractivity contribution in [2.45, 2.75) is 0 Å². The van der Waals surface area contributed by atoms with E-state index in [4.69, 9.17) is 5.73 Å². The number of carbonyl (C=O) groups is 1. The molecule has 0 saturated heterocycles. The number of amides is 1. The van der Waals surface area contributed by atoms with E-state index in [1.807, 2.05) is 0 Å². The van der Waals surface area contributed by atoms with E-state index < -0.39 is 23.4 Å². The van der Waals surface area contributed by atoms with Gasteiger partial charge >= 0.3 is 0 Å². The van der Waals surface area contributed by atoms with Crippen LogP contribution in [0.15, 0.2) is 34.8 Å². The van der Waals surface area contributed by atoms with Crippen LogP contribution in [0.2, 0.25) is 0 Å². The van der Waals surface area contributed by atoms with Crippen LogP contribution in [0.1, 0.15) is 10.4 Å². The van der Waals surface area contributed by atoms with E-state index in [1.165, 1.54) is 6.07 Å². The van der Waals surface area contributed by atoms with Crippen molar-refractivity contribution in [3.8, 4) is 0 Å². The Bertz CT molecular complexity index is 648. The second-order valence-corrected chi connectivity index (χ2v) is 4.83. The number of hydrogen-bond acceptors (Lipinski definition) is 2. The molecule has 0 aliphatic heterocycles. The molecule has 2 rings (SSSR count). The highest BCUT2D eigenvalue weighted by Gasteiger charge is 2.15. The van der Waals surface area contributed by atoms with Gasteiger partial charge in [-0.2, -0.15) is 0 Å². The maximum absolute atomic E-state index is 13.6. The molecule has 20 heavy (non-hydrogen) atoms. The number of rotatable bonds is 2. The van der Waals surface area contributed by atoms with E-state index in [9.17, 15) is 18.0 Å². The van der Waals surface area contributed by atoms with Crippen LogP contribution in [0.25, 0.3) is 0 Å². The van der Waals surface area contributed by atoms with Crippen LogP contribution in [0, 0.1) is 17.5 Å². The Labute approximate surface area is 120 Å². The lowest BCUT2D eigenvalue weighted by Crippen LogP contribution is -2.14. The van der Waals surface area contributed by atoms with Gasteiger partial charge in [-0.3, -0.25) is 4.79 Å². The van der Waals surface area contributed by atoms with Gasteiger partial charge in [-0.05, 0) is 40.2 Å². The predicted octanol–water partition coefficient (Wildman–Crippen LogP) is 3.70. The molecule has 0 radical (unpaired) electrons. The molecule has 0 atom stereocenters. The summed E-state index contributed by atoms with van der Waals surface area (Å²) in [5.74, 6) is -3.19. The maximum atomic E-state index is 13.6. The molecule has 1 amide bonds. The highest BCUT2D eigenvalue weighted by atomic mass is 79.9. The number of hydrogen-bond donors (Lipinski definition) is 2. The Balaban J connectivity index is 2.32. The summed E-state index contributed by atoms with van der Waals surface area (Å²) < 4.78 is 39.7. The van der Waals surface area contributed by atoms with Crippen molar-refractivity contribution in [2.75, 3.05) is 11.1 Å². The van der Waals surface area contributed by atoms with Crippen molar-refractivity contribution in [1.82, 2.24) is 0 Å². The first-order chi connectivity index (χ1) is 9.36. The first-order valence-corrected chi connectivity index (χ1v) is 6.18. The molecular weight excluding hydrogens is 337 g/mol.